The maximum absolute atomic E-state index is 11.8. The van der Waals surface area contributed by atoms with Crippen LogP contribution in [0.25, 0.3) is 0 Å². The summed E-state index contributed by atoms with van der Waals surface area (Å²) in [5.74, 6) is 0.667. The average molecular weight is 270 g/mol. The van der Waals surface area contributed by atoms with Crippen molar-refractivity contribution < 1.29 is 4.79 Å². The van der Waals surface area contributed by atoms with E-state index >= 15 is 0 Å². The quantitative estimate of drug-likeness (QED) is 0.724. The number of nitrogens with zero attached hydrogens (tertiary/aromatic N) is 1. The number of benzene rings is 1. The normalized spacial score (nSPS) is 10.1. The molecule has 0 aliphatic heterocycles. The molecule has 4 N–H and O–H groups in total. The molecule has 20 heavy (non-hydrogen) atoms. The highest BCUT2D eigenvalue weighted by molar-refractivity contribution is 5.94. The molecule has 5 nitrogen and oxygen atoms in total. The highest BCUT2D eigenvalue weighted by Gasteiger charge is 2.03. The third kappa shape index (κ3) is 3.98. The number of hydrogen-bond acceptors (Lipinski definition) is 4. The fourth-order valence-electron chi connectivity index (χ4n) is 1.68. The van der Waals surface area contributed by atoms with Crippen LogP contribution >= 0.6 is 0 Å². The van der Waals surface area contributed by atoms with Crippen molar-refractivity contribution in [3.05, 3.63) is 53.7 Å². The number of rotatable bonds is 5. The molecule has 0 saturated heterocycles. The van der Waals surface area contributed by atoms with Crippen molar-refractivity contribution >= 4 is 17.4 Å². The van der Waals surface area contributed by atoms with E-state index in [1.807, 2.05) is 31.2 Å². The molecule has 0 aliphatic rings. The molecule has 5 heteroatoms. The minimum absolute atomic E-state index is 0.0722. The Morgan fingerprint density at radius 3 is 2.55 bits per heavy atom. The van der Waals surface area contributed by atoms with Crippen molar-refractivity contribution in [2.45, 2.75) is 6.92 Å². The van der Waals surface area contributed by atoms with Crippen LogP contribution in [0.4, 0.5) is 11.5 Å². The Morgan fingerprint density at radius 2 is 1.90 bits per heavy atom. The first-order valence-corrected chi connectivity index (χ1v) is 6.45. The van der Waals surface area contributed by atoms with Gasteiger partial charge in [0.25, 0.3) is 5.91 Å². The van der Waals surface area contributed by atoms with Gasteiger partial charge in [0.15, 0.2) is 0 Å². The summed E-state index contributed by atoms with van der Waals surface area (Å²) in [4.78, 5) is 16.0. The first kappa shape index (κ1) is 13.9. The van der Waals surface area contributed by atoms with Crippen molar-refractivity contribution in [2.75, 3.05) is 24.1 Å². The number of amides is 1. The number of carbonyl (C=O) groups excluding carboxylic acids is 1. The number of aryl methyl sites for hydroxylation is 1. The van der Waals surface area contributed by atoms with Crippen molar-refractivity contribution in [1.29, 1.82) is 0 Å². The van der Waals surface area contributed by atoms with Crippen LogP contribution in [-0.2, 0) is 0 Å². The SMILES string of the molecule is Cc1ccc(C(=O)NCCNc2ccc(N)cn2)cc1. The highest BCUT2D eigenvalue weighted by Crippen LogP contribution is 2.05. The Bertz CT molecular complexity index is 563. The minimum atomic E-state index is -0.0722. The second-order valence-corrected chi connectivity index (χ2v) is 4.53. The lowest BCUT2D eigenvalue weighted by molar-refractivity contribution is 0.0955. The molecule has 0 bridgehead atoms. The smallest absolute Gasteiger partial charge is 0.251 e. The van der Waals surface area contributed by atoms with E-state index < -0.39 is 0 Å². The van der Waals surface area contributed by atoms with Gasteiger partial charge in [-0.05, 0) is 31.2 Å². The van der Waals surface area contributed by atoms with Crippen LogP contribution < -0.4 is 16.4 Å². The summed E-state index contributed by atoms with van der Waals surface area (Å²) in [5.41, 5.74) is 7.98. The van der Waals surface area contributed by atoms with Crippen LogP contribution in [0.1, 0.15) is 15.9 Å². The van der Waals surface area contributed by atoms with E-state index in [-0.39, 0.29) is 5.91 Å². The van der Waals surface area contributed by atoms with Crippen LogP contribution in [0.3, 0.4) is 0 Å². The lowest BCUT2D eigenvalue weighted by atomic mass is 10.1. The standard InChI is InChI=1S/C15H18N4O/c1-11-2-4-12(5-3-11)15(20)18-9-8-17-14-7-6-13(16)10-19-14/h2-7,10H,8-9,16H2,1H3,(H,17,19)(H,18,20). The van der Waals surface area contributed by atoms with Crippen LogP contribution in [0.15, 0.2) is 42.6 Å². The van der Waals surface area contributed by atoms with Crippen LogP contribution in [-0.4, -0.2) is 24.0 Å². The predicted octanol–water partition coefficient (Wildman–Crippen LogP) is 1.81. The van der Waals surface area contributed by atoms with Gasteiger partial charge in [0.05, 0.1) is 11.9 Å². The predicted molar refractivity (Wildman–Crippen MR) is 80.7 cm³/mol. The van der Waals surface area contributed by atoms with Crippen LogP contribution in [0.5, 0.6) is 0 Å². The molecule has 0 saturated carbocycles. The lowest BCUT2D eigenvalue weighted by Crippen LogP contribution is -2.28. The van der Waals surface area contributed by atoms with Gasteiger partial charge < -0.3 is 16.4 Å². The van der Waals surface area contributed by atoms with E-state index in [1.165, 1.54) is 0 Å². The van der Waals surface area contributed by atoms with Gasteiger partial charge >= 0.3 is 0 Å². The molecule has 0 aliphatic carbocycles. The molecule has 1 aromatic heterocycles. The summed E-state index contributed by atoms with van der Waals surface area (Å²) in [6, 6.07) is 11.1. The molecule has 0 fully saturated rings. The first-order chi connectivity index (χ1) is 9.65. The number of aromatic nitrogens is 1. The number of hydrogen-bond donors (Lipinski definition) is 3. The van der Waals surface area contributed by atoms with E-state index in [2.05, 4.69) is 15.6 Å². The number of anilines is 2. The molecule has 104 valence electrons. The molecular formula is C15H18N4O. The zero-order chi connectivity index (χ0) is 14.4. The van der Waals surface area contributed by atoms with Crippen molar-refractivity contribution in [1.82, 2.24) is 10.3 Å². The van der Waals surface area contributed by atoms with E-state index in [1.54, 1.807) is 18.3 Å². The summed E-state index contributed by atoms with van der Waals surface area (Å²) < 4.78 is 0. The van der Waals surface area contributed by atoms with Gasteiger partial charge in [0, 0.05) is 18.7 Å². The summed E-state index contributed by atoms with van der Waals surface area (Å²) in [5, 5.41) is 5.95. The van der Waals surface area contributed by atoms with Gasteiger partial charge in [-0.1, -0.05) is 17.7 Å². The molecule has 1 heterocycles. The van der Waals surface area contributed by atoms with E-state index in [0.29, 0.717) is 24.3 Å². The average Bonchev–Trinajstić information content (AvgIpc) is 2.46. The third-order valence-corrected chi connectivity index (χ3v) is 2.82. The van der Waals surface area contributed by atoms with Gasteiger partial charge in [-0.15, -0.1) is 0 Å². The molecule has 0 atom stereocenters. The summed E-state index contributed by atoms with van der Waals surface area (Å²) in [6.45, 7) is 3.12. The molecule has 0 spiro atoms. The van der Waals surface area contributed by atoms with E-state index in [0.717, 1.165) is 11.4 Å². The fourth-order valence-corrected chi connectivity index (χ4v) is 1.68. The summed E-state index contributed by atoms with van der Waals surface area (Å²) in [6.07, 6.45) is 1.59. The number of pyridine rings is 1. The van der Waals surface area contributed by atoms with Gasteiger partial charge in [-0.2, -0.15) is 0 Å². The van der Waals surface area contributed by atoms with E-state index in [9.17, 15) is 4.79 Å². The summed E-state index contributed by atoms with van der Waals surface area (Å²) >= 11 is 0. The van der Waals surface area contributed by atoms with Gasteiger partial charge in [0.1, 0.15) is 5.82 Å². The van der Waals surface area contributed by atoms with Crippen molar-refractivity contribution in [2.24, 2.45) is 0 Å². The molecule has 0 radical (unpaired) electrons. The fraction of sp³-hybridized carbons (Fsp3) is 0.200. The minimum Gasteiger partial charge on any atom is -0.397 e. The third-order valence-electron chi connectivity index (χ3n) is 2.82. The molecular weight excluding hydrogens is 252 g/mol. The largest absolute Gasteiger partial charge is 0.397 e. The Morgan fingerprint density at radius 1 is 1.15 bits per heavy atom. The van der Waals surface area contributed by atoms with Crippen LogP contribution in [0.2, 0.25) is 0 Å². The number of nitrogen functional groups attached to an aromatic ring is 1. The van der Waals surface area contributed by atoms with Gasteiger partial charge in [-0.3, -0.25) is 4.79 Å². The lowest BCUT2D eigenvalue weighted by Gasteiger charge is -2.07. The van der Waals surface area contributed by atoms with Crippen molar-refractivity contribution in [3.8, 4) is 0 Å². The van der Waals surface area contributed by atoms with Gasteiger partial charge in [-0.25, -0.2) is 4.98 Å². The molecule has 1 aromatic carbocycles. The zero-order valence-corrected chi connectivity index (χ0v) is 11.4. The number of nitrogens with two attached hydrogens (primary N) is 1. The number of nitrogens with one attached hydrogen (secondary N) is 2. The molecule has 2 rings (SSSR count). The zero-order valence-electron chi connectivity index (χ0n) is 11.4. The van der Waals surface area contributed by atoms with Crippen LogP contribution in [0, 0.1) is 6.92 Å². The monoisotopic (exact) mass is 270 g/mol. The topological polar surface area (TPSA) is 80.0 Å². The summed E-state index contributed by atoms with van der Waals surface area (Å²) in [7, 11) is 0. The Kier molecular flexibility index (Phi) is 4.55. The van der Waals surface area contributed by atoms with Gasteiger partial charge in [0.2, 0.25) is 0 Å². The maximum atomic E-state index is 11.8. The second kappa shape index (κ2) is 6.56. The Balaban J connectivity index is 1.74. The highest BCUT2D eigenvalue weighted by atomic mass is 16.1. The maximum Gasteiger partial charge on any atom is 0.251 e. The van der Waals surface area contributed by atoms with E-state index in [4.69, 9.17) is 5.73 Å². The Labute approximate surface area is 118 Å². The second-order valence-electron chi connectivity index (χ2n) is 4.53. The Hall–Kier alpha value is -2.56. The molecule has 1 amide bonds. The first-order valence-electron chi connectivity index (χ1n) is 6.45. The molecule has 2 aromatic rings. The molecule has 0 unspecified atom stereocenters. The van der Waals surface area contributed by atoms with Crippen molar-refractivity contribution in [3.63, 3.8) is 0 Å². The number of carbonyl (C=O) groups is 1.